The number of aliphatic hydroxyl groups is 2. The fourth-order valence-corrected chi connectivity index (χ4v) is 1.44. The molecule has 0 fully saturated rings. The second kappa shape index (κ2) is 6.55. The molecule has 1 heterocycles. The number of aromatic carboxylic acids is 1. The predicted octanol–water partition coefficient (Wildman–Crippen LogP) is 0.457. The van der Waals surface area contributed by atoms with Crippen LogP contribution in [0.2, 0.25) is 0 Å². The van der Waals surface area contributed by atoms with E-state index in [1.807, 2.05) is 0 Å². The number of carbonyl (C=O) groups is 1. The number of nitrogens with two attached hydrogens (primary N) is 1. The molecule has 0 saturated carbocycles. The molecule has 5 N–H and O–H groups in total. The minimum absolute atomic E-state index is 0.0168. The lowest BCUT2D eigenvalue weighted by Gasteiger charge is -2.17. The maximum Gasteiger partial charge on any atom is 0.339 e. The third-order valence-corrected chi connectivity index (χ3v) is 2.46. The van der Waals surface area contributed by atoms with Crippen LogP contribution in [0.15, 0.2) is 17.4 Å². The topological polar surface area (TPSA) is 165 Å². The number of aliphatic hydroxyl groups excluding tert-OH is 2. The zero-order valence-corrected chi connectivity index (χ0v) is 9.84. The van der Waals surface area contributed by atoms with Crippen LogP contribution in [0.4, 0.5) is 5.82 Å². The Balaban J connectivity index is 2.87. The molecule has 0 aliphatic heterocycles. The van der Waals surface area contributed by atoms with Crippen LogP contribution < -0.4 is 5.73 Å². The molecule has 0 spiro atoms. The number of nitrogens with zero attached hydrogens (tertiary/aromatic N) is 4. The van der Waals surface area contributed by atoms with Gasteiger partial charge < -0.3 is 21.1 Å². The Bertz CT molecular complexity index is 515. The smallest absolute Gasteiger partial charge is 0.339 e. The van der Waals surface area contributed by atoms with Crippen LogP contribution in [0.1, 0.15) is 28.4 Å². The van der Waals surface area contributed by atoms with Crippen molar-refractivity contribution in [2.24, 2.45) is 5.11 Å². The van der Waals surface area contributed by atoms with Gasteiger partial charge in [-0.15, -0.1) is 0 Å². The number of aromatic nitrogens is 1. The molecular weight excluding hydrogens is 254 g/mol. The fourth-order valence-electron chi connectivity index (χ4n) is 1.44. The second-order valence-electron chi connectivity index (χ2n) is 3.76. The molecule has 2 atom stereocenters. The Labute approximate surface area is 107 Å². The molecule has 1 aromatic heterocycles. The Morgan fingerprint density at radius 3 is 2.84 bits per heavy atom. The summed E-state index contributed by atoms with van der Waals surface area (Å²) in [4.78, 5) is 17.0. The van der Waals surface area contributed by atoms with Crippen molar-refractivity contribution in [1.29, 1.82) is 0 Å². The van der Waals surface area contributed by atoms with Crippen LogP contribution in [0, 0.1) is 0 Å². The number of hydrogen-bond donors (Lipinski definition) is 4. The first-order valence-electron chi connectivity index (χ1n) is 5.33. The van der Waals surface area contributed by atoms with E-state index in [2.05, 4.69) is 15.0 Å². The molecule has 0 aliphatic rings. The molecule has 19 heavy (non-hydrogen) atoms. The van der Waals surface area contributed by atoms with Gasteiger partial charge in [0.15, 0.2) is 0 Å². The van der Waals surface area contributed by atoms with Crippen molar-refractivity contribution in [3.63, 3.8) is 0 Å². The highest BCUT2D eigenvalue weighted by Gasteiger charge is 2.20. The van der Waals surface area contributed by atoms with Crippen LogP contribution >= 0.6 is 0 Å². The van der Waals surface area contributed by atoms with Crippen molar-refractivity contribution in [1.82, 2.24) is 4.98 Å². The first-order chi connectivity index (χ1) is 8.97. The van der Waals surface area contributed by atoms with Gasteiger partial charge in [0.2, 0.25) is 0 Å². The first kappa shape index (κ1) is 14.7. The van der Waals surface area contributed by atoms with Crippen LogP contribution in [-0.4, -0.2) is 38.9 Å². The molecule has 0 saturated heterocycles. The predicted molar refractivity (Wildman–Crippen MR) is 65.2 cm³/mol. The summed E-state index contributed by atoms with van der Waals surface area (Å²) in [6.45, 7) is 0.0168. The van der Waals surface area contributed by atoms with Crippen LogP contribution in [0.5, 0.6) is 0 Å². The number of nitrogen functional groups attached to an aromatic ring is 1. The number of anilines is 1. The van der Waals surface area contributed by atoms with Gasteiger partial charge in [-0.1, -0.05) is 5.11 Å². The van der Waals surface area contributed by atoms with E-state index in [0.29, 0.717) is 0 Å². The van der Waals surface area contributed by atoms with Gasteiger partial charge in [0, 0.05) is 23.2 Å². The zero-order chi connectivity index (χ0) is 14.4. The third-order valence-electron chi connectivity index (χ3n) is 2.46. The van der Waals surface area contributed by atoms with Gasteiger partial charge in [0.1, 0.15) is 17.5 Å². The van der Waals surface area contributed by atoms with Gasteiger partial charge in [-0.05, 0) is 18.0 Å². The summed E-state index contributed by atoms with van der Waals surface area (Å²) >= 11 is 0. The molecule has 0 radical (unpaired) electrons. The third kappa shape index (κ3) is 3.81. The molecule has 102 valence electrons. The SMILES string of the molecule is [N-]=[N+]=NCCC(O)C(O)c1cnc(N)c(C(=O)O)c1. The molecule has 1 aromatic rings. The number of pyridine rings is 1. The molecular formula is C10H13N5O4. The number of hydrogen-bond acceptors (Lipinski definition) is 6. The Morgan fingerprint density at radius 2 is 2.26 bits per heavy atom. The molecule has 0 bridgehead atoms. The van der Waals surface area contributed by atoms with E-state index in [-0.39, 0.29) is 29.9 Å². The van der Waals surface area contributed by atoms with Crippen molar-refractivity contribution in [2.45, 2.75) is 18.6 Å². The Kier molecular flexibility index (Phi) is 5.07. The zero-order valence-electron chi connectivity index (χ0n) is 9.84. The van der Waals surface area contributed by atoms with E-state index in [4.69, 9.17) is 16.4 Å². The van der Waals surface area contributed by atoms with Gasteiger partial charge in [0.05, 0.1) is 6.10 Å². The summed E-state index contributed by atoms with van der Waals surface area (Å²) in [5.41, 5.74) is 13.3. The standard InChI is InChI=1S/C10H13N5O4/c11-9-6(10(18)19)3-5(4-13-9)8(17)7(16)1-2-14-15-12/h3-4,7-8,16-17H,1-2H2,(H2,11,13)(H,18,19). The second-order valence-corrected chi connectivity index (χ2v) is 3.76. The summed E-state index contributed by atoms with van der Waals surface area (Å²) in [5.74, 6) is -1.45. The van der Waals surface area contributed by atoms with E-state index in [1.54, 1.807) is 0 Å². The fraction of sp³-hybridized carbons (Fsp3) is 0.400. The molecule has 0 aromatic carbocycles. The van der Waals surface area contributed by atoms with Crippen molar-refractivity contribution in [3.8, 4) is 0 Å². The lowest BCUT2D eigenvalue weighted by atomic mass is 10.0. The van der Waals surface area contributed by atoms with E-state index in [9.17, 15) is 15.0 Å². The average Bonchev–Trinajstić information content (AvgIpc) is 2.38. The molecule has 0 amide bonds. The average molecular weight is 267 g/mol. The summed E-state index contributed by atoms with van der Waals surface area (Å²) < 4.78 is 0. The summed E-state index contributed by atoms with van der Waals surface area (Å²) in [6, 6.07) is 1.14. The normalized spacial score (nSPS) is 13.4. The lowest BCUT2D eigenvalue weighted by molar-refractivity contribution is 0.0148. The lowest BCUT2D eigenvalue weighted by Crippen LogP contribution is -2.20. The highest BCUT2D eigenvalue weighted by molar-refractivity contribution is 5.92. The van der Waals surface area contributed by atoms with Crippen LogP contribution in [0.25, 0.3) is 10.4 Å². The van der Waals surface area contributed by atoms with Gasteiger partial charge in [-0.3, -0.25) is 0 Å². The van der Waals surface area contributed by atoms with Crippen LogP contribution in [-0.2, 0) is 0 Å². The largest absolute Gasteiger partial charge is 0.478 e. The quantitative estimate of drug-likeness (QED) is 0.332. The highest BCUT2D eigenvalue weighted by Crippen LogP contribution is 2.21. The summed E-state index contributed by atoms with van der Waals surface area (Å²) in [5, 5.41) is 31.6. The maximum absolute atomic E-state index is 10.9. The monoisotopic (exact) mass is 267 g/mol. The van der Waals surface area contributed by atoms with Crippen molar-refractivity contribution < 1.29 is 20.1 Å². The van der Waals surface area contributed by atoms with Gasteiger partial charge in [0.25, 0.3) is 0 Å². The summed E-state index contributed by atoms with van der Waals surface area (Å²) in [7, 11) is 0. The van der Waals surface area contributed by atoms with Crippen molar-refractivity contribution in [2.75, 3.05) is 12.3 Å². The van der Waals surface area contributed by atoms with E-state index < -0.39 is 18.2 Å². The molecule has 0 aliphatic carbocycles. The number of rotatable bonds is 6. The van der Waals surface area contributed by atoms with Crippen molar-refractivity contribution >= 4 is 11.8 Å². The number of carboxylic acid groups (broad SMARTS) is 1. The number of azide groups is 1. The van der Waals surface area contributed by atoms with E-state index >= 15 is 0 Å². The van der Waals surface area contributed by atoms with E-state index in [1.165, 1.54) is 6.20 Å². The Morgan fingerprint density at radius 1 is 1.58 bits per heavy atom. The van der Waals surface area contributed by atoms with E-state index in [0.717, 1.165) is 6.07 Å². The molecule has 2 unspecified atom stereocenters. The minimum atomic E-state index is -1.33. The molecule has 9 heteroatoms. The molecule has 1 rings (SSSR count). The number of carboxylic acids is 1. The maximum atomic E-state index is 10.9. The van der Waals surface area contributed by atoms with Gasteiger partial charge >= 0.3 is 5.97 Å². The Hall–Kier alpha value is -2.35. The van der Waals surface area contributed by atoms with Crippen molar-refractivity contribution in [3.05, 3.63) is 33.8 Å². The van der Waals surface area contributed by atoms with Gasteiger partial charge in [-0.2, -0.15) is 0 Å². The minimum Gasteiger partial charge on any atom is -0.478 e. The van der Waals surface area contributed by atoms with Crippen LogP contribution in [0.3, 0.4) is 0 Å². The first-order valence-corrected chi connectivity index (χ1v) is 5.33. The van der Waals surface area contributed by atoms with Gasteiger partial charge in [-0.25, -0.2) is 9.78 Å². The summed E-state index contributed by atoms with van der Waals surface area (Å²) in [6.07, 6.45) is -1.31. The highest BCUT2D eigenvalue weighted by atomic mass is 16.4. The molecule has 9 nitrogen and oxygen atoms in total.